The molecule has 0 unspecified atom stereocenters. The van der Waals surface area contributed by atoms with E-state index in [1.54, 1.807) is 0 Å². The van der Waals surface area contributed by atoms with Crippen molar-refractivity contribution in [3.8, 4) is 0 Å². The summed E-state index contributed by atoms with van der Waals surface area (Å²) >= 11 is 0. The largest absolute Gasteiger partial charge is 0.481 e. The van der Waals surface area contributed by atoms with E-state index in [0.29, 0.717) is 30.4 Å². The predicted molar refractivity (Wildman–Crippen MR) is 89.6 cm³/mol. The maximum Gasteiger partial charge on any atom is 0.320 e. The van der Waals surface area contributed by atoms with Crippen molar-refractivity contribution in [3.05, 3.63) is 0 Å². The van der Waals surface area contributed by atoms with Crippen molar-refractivity contribution in [2.75, 3.05) is 34.2 Å². The summed E-state index contributed by atoms with van der Waals surface area (Å²) in [6, 6.07) is -0.742. The van der Waals surface area contributed by atoms with Gasteiger partial charge in [0.15, 0.2) is 0 Å². The molecule has 0 aromatic heterocycles. The fourth-order valence-corrected chi connectivity index (χ4v) is 1.36. The Balaban J connectivity index is -0.000000137. The second-order valence-electron chi connectivity index (χ2n) is 5.60. The third-order valence-corrected chi connectivity index (χ3v) is 2.21. The van der Waals surface area contributed by atoms with Crippen LogP contribution in [0, 0.1) is 0 Å². The highest BCUT2D eigenvalue weighted by Crippen LogP contribution is 1.98. The molecule has 0 rings (SSSR count). The van der Waals surface area contributed by atoms with Gasteiger partial charge in [0, 0.05) is 0 Å². The van der Waals surface area contributed by atoms with Gasteiger partial charge in [-0.2, -0.15) is 0 Å². The molecule has 8 nitrogen and oxygen atoms in total. The predicted octanol–water partition coefficient (Wildman–Crippen LogP) is -0.491. The summed E-state index contributed by atoms with van der Waals surface area (Å²) in [5.74, 6) is -1.91. The fraction of sp³-hybridized carbons (Fsp3) is 0.833. The molecule has 0 saturated carbocycles. The van der Waals surface area contributed by atoms with Gasteiger partial charge in [-0.15, -0.1) is 24.8 Å². The van der Waals surface area contributed by atoms with E-state index < -0.39 is 24.1 Å². The minimum atomic E-state index is -0.955. The number of carboxylic acids is 2. The molecule has 7 N–H and O–H groups in total. The number of aliphatic hydroxyl groups is 1. The molecular formula is C12H30Cl2N3O5+. The summed E-state index contributed by atoms with van der Waals surface area (Å²) in [5.41, 5.74) is 10.3. The molecule has 0 aliphatic carbocycles. The molecule has 0 amide bonds. The molecular weight excluding hydrogens is 337 g/mol. The van der Waals surface area contributed by atoms with Crippen LogP contribution in [0.1, 0.15) is 19.3 Å². The standard InChI is InChI=1S/C7H15NO3.C5H12N2O2.2ClH/c1-8(2,3)5-6(9)4-7(10)11;6-3-1-2-4(7)5(8)9;;/h6,9H,4-5H2,1-3H3;4H,1-3,6-7H2,(H,8,9);2*1H/p+1/t6-;4-;;/m10../s1. The molecule has 2 atom stereocenters. The van der Waals surface area contributed by atoms with E-state index in [2.05, 4.69) is 0 Å². The first-order chi connectivity index (χ1) is 8.99. The maximum absolute atomic E-state index is 10.1. The second-order valence-corrected chi connectivity index (χ2v) is 5.60. The highest BCUT2D eigenvalue weighted by atomic mass is 35.5. The van der Waals surface area contributed by atoms with E-state index in [1.807, 2.05) is 21.1 Å². The van der Waals surface area contributed by atoms with Gasteiger partial charge in [-0.25, -0.2) is 0 Å². The molecule has 136 valence electrons. The normalized spacial score (nSPS) is 12.6. The molecule has 0 aliphatic rings. The Morgan fingerprint density at radius 2 is 1.59 bits per heavy atom. The number of carboxylic acid groups (broad SMARTS) is 2. The van der Waals surface area contributed by atoms with Gasteiger partial charge in [0.2, 0.25) is 0 Å². The lowest BCUT2D eigenvalue weighted by atomic mass is 10.2. The van der Waals surface area contributed by atoms with Crippen molar-refractivity contribution in [2.45, 2.75) is 31.4 Å². The highest BCUT2D eigenvalue weighted by Gasteiger charge is 2.17. The number of nitrogens with zero attached hydrogens (tertiary/aromatic N) is 1. The van der Waals surface area contributed by atoms with Gasteiger partial charge in [-0.05, 0) is 19.4 Å². The van der Waals surface area contributed by atoms with Crippen molar-refractivity contribution in [3.63, 3.8) is 0 Å². The van der Waals surface area contributed by atoms with Crippen LogP contribution in [-0.2, 0) is 9.59 Å². The number of quaternary nitrogens is 1. The Hall–Kier alpha value is -0.640. The van der Waals surface area contributed by atoms with Crippen LogP contribution in [-0.4, -0.2) is 78.1 Å². The molecule has 0 saturated heterocycles. The van der Waals surface area contributed by atoms with E-state index in [9.17, 15) is 9.59 Å². The third-order valence-electron chi connectivity index (χ3n) is 2.21. The number of hydrogen-bond acceptors (Lipinski definition) is 5. The van der Waals surface area contributed by atoms with E-state index in [0.717, 1.165) is 0 Å². The average molecular weight is 367 g/mol. The van der Waals surface area contributed by atoms with Crippen LogP contribution >= 0.6 is 24.8 Å². The number of aliphatic carboxylic acids is 2. The fourth-order valence-electron chi connectivity index (χ4n) is 1.36. The van der Waals surface area contributed by atoms with Crippen molar-refractivity contribution in [1.29, 1.82) is 0 Å². The minimum Gasteiger partial charge on any atom is -0.481 e. The lowest BCUT2D eigenvalue weighted by Crippen LogP contribution is -2.42. The molecule has 22 heavy (non-hydrogen) atoms. The van der Waals surface area contributed by atoms with Crippen LogP contribution in [0.4, 0.5) is 0 Å². The van der Waals surface area contributed by atoms with Crippen molar-refractivity contribution in [2.24, 2.45) is 11.5 Å². The lowest BCUT2D eigenvalue weighted by molar-refractivity contribution is -0.873. The molecule has 10 heteroatoms. The first-order valence-corrected chi connectivity index (χ1v) is 6.38. The quantitative estimate of drug-likeness (QED) is 0.364. The molecule has 0 bridgehead atoms. The Morgan fingerprint density at radius 3 is 1.86 bits per heavy atom. The van der Waals surface area contributed by atoms with Gasteiger partial charge < -0.3 is 31.3 Å². The SMILES string of the molecule is C[N+](C)(C)C[C@H](O)CC(=O)O.Cl.Cl.NCCC[C@H](N)C(=O)O. The van der Waals surface area contributed by atoms with Crippen molar-refractivity contribution >= 4 is 36.8 Å². The van der Waals surface area contributed by atoms with Crippen LogP contribution in [0.2, 0.25) is 0 Å². The van der Waals surface area contributed by atoms with Gasteiger partial charge in [0.05, 0.1) is 27.6 Å². The lowest BCUT2D eigenvalue weighted by Gasteiger charge is -2.25. The number of halogens is 2. The summed E-state index contributed by atoms with van der Waals surface area (Å²) in [7, 11) is 5.72. The minimum absolute atomic E-state index is 0. The summed E-state index contributed by atoms with van der Waals surface area (Å²) in [4.78, 5) is 20.2. The number of aliphatic hydroxyl groups excluding tert-OH is 1. The maximum atomic E-state index is 10.1. The van der Waals surface area contributed by atoms with E-state index in [-0.39, 0.29) is 31.2 Å². The van der Waals surface area contributed by atoms with Gasteiger partial charge in [-0.1, -0.05) is 0 Å². The molecule has 0 aliphatic heterocycles. The zero-order chi connectivity index (χ0) is 16.3. The third kappa shape index (κ3) is 24.4. The smallest absolute Gasteiger partial charge is 0.320 e. The Morgan fingerprint density at radius 1 is 1.14 bits per heavy atom. The summed E-state index contributed by atoms with van der Waals surface area (Å²) in [5, 5.41) is 25.7. The topological polar surface area (TPSA) is 147 Å². The van der Waals surface area contributed by atoms with Gasteiger partial charge >= 0.3 is 11.9 Å². The van der Waals surface area contributed by atoms with Gasteiger partial charge in [-0.3, -0.25) is 9.59 Å². The Labute approximate surface area is 143 Å². The number of likely N-dealkylation sites (N-methyl/N-ethyl adjacent to an activating group) is 1. The number of carbonyl (C=O) groups is 2. The molecule has 0 heterocycles. The number of rotatable bonds is 8. The van der Waals surface area contributed by atoms with Crippen LogP contribution < -0.4 is 11.5 Å². The van der Waals surface area contributed by atoms with Crippen LogP contribution in [0.25, 0.3) is 0 Å². The molecule has 0 spiro atoms. The summed E-state index contributed by atoms with van der Waals surface area (Å²) in [6.07, 6.45) is 0.224. The molecule has 0 fully saturated rings. The number of nitrogens with two attached hydrogens (primary N) is 2. The van der Waals surface area contributed by atoms with Crippen LogP contribution in [0.15, 0.2) is 0 Å². The van der Waals surface area contributed by atoms with Crippen molar-refractivity contribution in [1.82, 2.24) is 0 Å². The molecule has 0 aromatic rings. The molecule has 0 radical (unpaired) electrons. The van der Waals surface area contributed by atoms with E-state index in [1.165, 1.54) is 0 Å². The first kappa shape index (κ1) is 29.4. The monoisotopic (exact) mass is 366 g/mol. The highest BCUT2D eigenvalue weighted by molar-refractivity contribution is 5.85. The Kier molecular flexibility index (Phi) is 20.4. The summed E-state index contributed by atoms with van der Waals surface area (Å²) in [6.45, 7) is 0.966. The molecule has 0 aromatic carbocycles. The van der Waals surface area contributed by atoms with Crippen LogP contribution in [0.5, 0.6) is 0 Å². The van der Waals surface area contributed by atoms with E-state index in [4.69, 9.17) is 26.8 Å². The zero-order valence-corrected chi connectivity index (χ0v) is 14.9. The average Bonchev–Trinajstić information content (AvgIpc) is 2.22. The number of hydrogen-bond donors (Lipinski definition) is 5. The van der Waals surface area contributed by atoms with E-state index >= 15 is 0 Å². The van der Waals surface area contributed by atoms with Crippen molar-refractivity contribution < 1.29 is 29.4 Å². The Bertz CT molecular complexity index is 301. The first-order valence-electron chi connectivity index (χ1n) is 6.38. The summed E-state index contributed by atoms with van der Waals surface area (Å²) < 4.78 is 0.578. The second kappa shape index (κ2) is 15.3. The van der Waals surface area contributed by atoms with Gasteiger partial charge in [0.1, 0.15) is 18.7 Å². The zero-order valence-electron chi connectivity index (χ0n) is 13.3. The van der Waals surface area contributed by atoms with Crippen LogP contribution in [0.3, 0.4) is 0 Å². The van der Waals surface area contributed by atoms with Gasteiger partial charge in [0.25, 0.3) is 0 Å².